The van der Waals surface area contributed by atoms with Crippen LogP contribution in [0.2, 0.25) is 5.02 Å². The molecule has 128 valence electrons. The standard InChI is InChI=1S/C15H12ClF2NO3S2/c1-8(20)9-4-10(15(12(16)5-9)19-24(21)22)7-23-14-3-2-11(17)6-13(14)18/h2-6,19H,7H2,1H3,(H,21,22). The van der Waals surface area contributed by atoms with Crippen LogP contribution in [0.1, 0.15) is 22.8 Å². The van der Waals surface area contributed by atoms with Gasteiger partial charge in [0, 0.05) is 22.3 Å². The number of halogens is 3. The first-order valence-corrected chi connectivity index (χ1v) is 9.03. The lowest BCUT2D eigenvalue weighted by atomic mass is 10.1. The molecule has 1 unspecified atom stereocenters. The van der Waals surface area contributed by atoms with Gasteiger partial charge >= 0.3 is 0 Å². The fourth-order valence-corrected chi connectivity index (χ4v) is 3.59. The Bertz CT molecular complexity index is 818. The number of rotatable bonds is 6. The Morgan fingerprint density at radius 2 is 2.04 bits per heavy atom. The Labute approximate surface area is 149 Å². The summed E-state index contributed by atoms with van der Waals surface area (Å²) in [7, 11) is 0. The van der Waals surface area contributed by atoms with Crippen LogP contribution in [0.4, 0.5) is 14.5 Å². The summed E-state index contributed by atoms with van der Waals surface area (Å²) in [6, 6.07) is 6.09. The van der Waals surface area contributed by atoms with Gasteiger partial charge in [-0.3, -0.25) is 14.1 Å². The van der Waals surface area contributed by atoms with Crippen LogP contribution >= 0.6 is 23.4 Å². The predicted octanol–water partition coefficient (Wildman–Crippen LogP) is 4.66. The van der Waals surface area contributed by atoms with Crippen molar-refractivity contribution in [3.63, 3.8) is 0 Å². The lowest BCUT2D eigenvalue weighted by Gasteiger charge is -2.13. The highest BCUT2D eigenvalue weighted by Gasteiger charge is 2.15. The average molecular weight is 392 g/mol. The van der Waals surface area contributed by atoms with E-state index in [-0.39, 0.29) is 27.1 Å². The fourth-order valence-electron chi connectivity index (χ4n) is 1.93. The highest BCUT2D eigenvalue weighted by Crippen LogP contribution is 2.34. The quantitative estimate of drug-likeness (QED) is 0.427. The molecule has 0 bridgehead atoms. The van der Waals surface area contributed by atoms with Gasteiger partial charge in [-0.2, -0.15) is 0 Å². The smallest absolute Gasteiger partial charge is 0.259 e. The number of Topliss-reactive ketones (excluding diaryl/α,β-unsaturated/α-hetero) is 1. The van der Waals surface area contributed by atoms with Crippen molar-refractivity contribution in [1.82, 2.24) is 0 Å². The second kappa shape index (κ2) is 8.06. The molecule has 0 amide bonds. The maximum Gasteiger partial charge on any atom is 0.259 e. The molecule has 2 aromatic rings. The number of ketones is 1. The van der Waals surface area contributed by atoms with E-state index in [2.05, 4.69) is 4.72 Å². The van der Waals surface area contributed by atoms with Gasteiger partial charge in [-0.1, -0.05) is 11.6 Å². The number of nitrogens with one attached hydrogen (secondary N) is 1. The first kappa shape index (κ1) is 18.9. The summed E-state index contributed by atoms with van der Waals surface area (Å²) in [5.74, 6) is -1.47. The topological polar surface area (TPSA) is 66.4 Å². The largest absolute Gasteiger partial charge is 0.295 e. The van der Waals surface area contributed by atoms with Gasteiger partial charge in [-0.15, -0.1) is 11.8 Å². The molecular formula is C15H12ClF2NO3S2. The van der Waals surface area contributed by atoms with Crippen molar-refractivity contribution in [2.24, 2.45) is 0 Å². The molecule has 0 fully saturated rings. The summed E-state index contributed by atoms with van der Waals surface area (Å²) in [6.45, 7) is 1.36. The molecule has 2 N–H and O–H groups in total. The van der Waals surface area contributed by atoms with Gasteiger partial charge in [0.1, 0.15) is 11.6 Å². The van der Waals surface area contributed by atoms with E-state index >= 15 is 0 Å². The summed E-state index contributed by atoms with van der Waals surface area (Å²) in [6.07, 6.45) is 0. The van der Waals surface area contributed by atoms with Gasteiger partial charge in [0.25, 0.3) is 11.3 Å². The van der Waals surface area contributed by atoms with Crippen LogP contribution < -0.4 is 4.72 Å². The number of thioether (sulfide) groups is 1. The second-order valence-corrected chi connectivity index (χ2v) is 6.89. The zero-order chi connectivity index (χ0) is 17.9. The van der Waals surface area contributed by atoms with Crippen LogP contribution in [0.25, 0.3) is 0 Å². The summed E-state index contributed by atoms with van der Waals surface area (Å²) >= 11 is 4.75. The van der Waals surface area contributed by atoms with E-state index in [1.165, 1.54) is 25.1 Å². The third-order valence-electron chi connectivity index (χ3n) is 3.04. The first-order chi connectivity index (χ1) is 11.3. The van der Waals surface area contributed by atoms with E-state index in [1.807, 2.05) is 0 Å². The van der Waals surface area contributed by atoms with Gasteiger partial charge in [0.2, 0.25) is 0 Å². The third-order valence-corrected chi connectivity index (χ3v) is 4.82. The van der Waals surface area contributed by atoms with Crippen molar-refractivity contribution in [3.8, 4) is 0 Å². The summed E-state index contributed by atoms with van der Waals surface area (Å²) in [5, 5.41) is 0.0975. The van der Waals surface area contributed by atoms with Crippen molar-refractivity contribution in [2.75, 3.05) is 4.72 Å². The van der Waals surface area contributed by atoms with Gasteiger partial charge in [0.15, 0.2) is 5.78 Å². The van der Waals surface area contributed by atoms with E-state index in [4.69, 9.17) is 16.2 Å². The molecule has 0 aromatic heterocycles. The number of benzene rings is 2. The second-order valence-electron chi connectivity index (χ2n) is 4.76. The molecule has 0 heterocycles. The highest BCUT2D eigenvalue weighted by molar-refractivity contribution is 7.98. The fraction of sp³-hybridized carbons (Fsp3) is 0.133. The van der Waals surface area contributed by atoms with Crippen molar-refractivity contribution < 1.29 is 22.3 Å². The van der Waals surface area contributed by atoms with Crippen molar-refractivity contribution >= 4 is 46.1 Å². The number of carbonyl (C=O) groups is 1. The summed E-state index contributed by atoms with van der Waals surface area (Å²) in [4.78, 5) is 11.8. The van der Waals surface area contributed by atoms with Gasteiger partial charge in [-0.05, 0) is 36.8 Å². The van der Waals surface area contributed by atoms with E-state index in [0.29, 0.717) is 11.1 Å². The predicted molar refractivity (Wildman–Crippen MR) is 91.8 cm³/mol. The maximum atomic E-state index is 13.7. The molecule has 0 radical (unpaired) electrons. The van der Waals surface area contributed by atoms with Crippen molar-refractivity contribution in [2.45, 2.75) is 17.6 Å². The molecule has 4 nitrogen and oxygen atoms in total. The molecule has 0 spiro atoms. The minimum absolute atomic E-state index is 0.0975. The van der Waals surface area contributed by atoms with Gasteiger partial charge < -0.3 is 0 Å². The van der Waals surface area contributed by atoms with Gasteiger partial charge in [0.05, 0.1) is 10.7 Å². The van der Waals surface area contributed by atoms with Crippen LogP contribution in [0.5, 0.6) is 0 Å². The van der Waals surface area contributed by atoms with Crippen LogP contribution in [0.3, 0.4) is 0 Å². The lowest BCUT2D eigenvalue weighted by Crippen LogP contribution is -2.07. The molecule has 0 aliphatic heterocycles. The van der Waals surface area contributed by atoms with Crippen LogP contribution in [-0.2, 0) is 17.0 Å². The molecule has 2 rings (SSSR count). The Morgan fingerprint density at radius 1 is 1.33 bits per heavy atom. The first-order valence-electron chi connectivity index (χ1n) is 6.56. The molecule has 1 atom stereocenters. The Hall–Kier alpha value is -1.48. The molecule has 0 saturated carbocycles. The monoisotopic (exact) mass is 391 g/mol. The minimum atomic E-state index is -2.36. The number of anilines is 1. The normalized spacial score (nSPS) is 12.0. The van der Waals surface area contributed by atoms with Crippen LogP contribution in [0, 0.1) is 11.6 Å². The zero-order valence-corrected chi connectivity index (χ0v) is 14.7. The number of hydrogen-bond donors (Lipinski definition) is 2. The minimum Gasteiger partial charge on any atom is -0.295 e. The van der Waals surface area contributed by atoms with E-state index in [1.54, 1.807) is 0 Å². The zero-order valence-electron chi connectivity index (χ0n) is 12.3. The molecule has 0 saturated heterocycles. The Morgan fingerprint density at radius 3 is 2.62 bits per heavy atom. The third kappa shape index (κ3) is 4.76. The average Bonchev–Trinajstić information content (AvgIpc) is 2.48. The number of hydrogen-bond acceptors (Lipinski definition) is 3. The Balaban J connectivity index is 2.35. The van der Waals surface area contributed by atoms with E-state index in [9.17, 15) is 17.8 Å². The molecule has 24 heavy (non-hydrogen) atoms. The van der Waals surface area contributed by atoms with Crippen molar-refractivity contribution in [3.05, 3.63) is 58.1 Å². The molecule has 0 aliphatic rings. The van der Waals surface area contributed by atoms with Crippen LogP contribution in [0.15, 0.2) is 35.2 Å². The Kier molecular flexibility index (Phi) is 6.34. The molecule has 9 heteroatoms. The highest BCUT2D eigenvalue weighted by atomic mass is 35.5. The van der Waals surface area contributed by atoms with Crippen LogP contribution in [-0.4, -0.2) is 14.5 Å². The van der Waals surface area contributed by atoms with E-state index < -0.39 is 22.9 Å². The molecular weight excluding hydrogens is 380 g/mol. The molecule has 2 aromatic carbocycles. The lowest BCUT2D eigenvalue weighted by molar-refractivity contribution is 0.101. The SMILES string of the molecule is CC(=O)c1cc(Cl)c(NS(=O)O)c(CSc2ccc(F)cc2F)c1. The van der Waals surface area contributed by atoms with E-state index in [0.717, 1.165) is 23.9 Å². The summed E-state index contributed by atoms with van der Waals surface area (Å²) < 4.78 is 49.0. The molecule has 0 aliphatic carbocycles. The maximum absolute atomic E-state index is 13.7. The van der Waals surface area contributed by atoms with Crippen molar-refractivity contribution in [1.29, 1.82) is 0 Å². The number of carbonyl (C=O) groups excluding carboxylic acids is 1. The van der Waals surface area contributed by atoms with Gasteiger partial charge in [-0.25, -0.2) is 13.0 Å². The summed E-state index contributed by atoms with van der Waals surface area (Å²) in [5.41, 5.74) is 0.950.